The molecule has 0 aliphatic carbocycles. The number of nitrogens with zero attached hydrogens (tertiary/aromatic N) is 2. The van der Waals surface area contributed by atoms with Crippen LogP contribution in [0.15, 0.2) is 57.0 Å². The molecule has 3 rings (SSSR count). The van der Waals surface area contributed by atoms with Gasteiger partial charge in [-0.2, -0.15) is 5.10 Å². The van der Waals surface area contributed by atoms with Crippen LogP contribution in [0.4, 0.5) is 4.39 Å². The minimum Gasteiger partial charge on any atom is -0.261 e. The van der Waals surface area contributed by atoms with Crippen molar-refractivity contribution in [2.45, 2.75) is 0 Å². The summed E-state index contributed by atoms with van der Waals surface area (Å²) in [4.78, 5) is 4.43. The second-order valence-corrected chi connectivity index (χ2v) is 5.79. The summed E-state index contributed by atoms with van der Waals surface area (Å²) in [5.41, 5.74) is 5.35. The van der Waals surface area contributed by atoms with Gasteiger partial charge in [-0.25, -0.2) is 4.39 Å². The SMILES string of the molecule is Fc1ccc(C2=NCC(c3ccc(Br)cc3)=NN2)c(Cl)c1. The Morgan fingerprint density at radius 2 is 1.90 bits per heavy atom. The Hall–Kier alpha value is -1.72. The number of amidine groups is 1. The maximum atomic E-state index is 13.1. The van der Waals surface area contributed by atoms with Crippen LogP contribution in [0.5, 0.6) is 0 Å². The van der Waals surface area contributed by atoms with E-state index in [2.05, 4.69) is 31.4 Å². The first-order valence-electron chi connectivity index (χ1n) is 6.22. The topological polar surface area (TPSA) is 36.8 Å². The molecule has 0 atom stereocenters. The Kier molecular flexibility index (Phi) is 4.03. The average molecular weight is 367 g/mol. The van der Waals surface area contributed by atoms with Crippen LogP contribution in [0.2, 0.25) is 5.02 Å². The van der Waals surface area contributed by atoms with Gasteiger partial charge in [-0.05, 0) is 35.9 Å². The number of hydrazone groups is 1. The second-order valence-electron chi connectivity index (χ2n) is 4.47. The molecule has 1 N–H and O–H groups in total. The smallest absolute Gasteiger partial charge is 0.150 e. The zero-order valence-corrected chi connectivity index (χ0v) is 13.1. The highest BCUT2D eigenvalue weighted by Gasteiger charge is 2.14. The Morgan fingerprint density at radius 3 is 2.52 bits per heavy atom. The van der Waals surface area contributed by atoms with Crippen molar-refractivity contribution in [2.24, 2.45) is 10.1 Å². The highest BCUT2D eigenvalue weighted by atomic mass is 79.9. The average Bonchev–Trinajstić information content (AvgIpc) is 2.48. The molecule has 0 aromatic heterocycles. The molecule has 0 fully saturated rings. The van der Waals surface area contributed by atoms with Gasteiger partial charge in [0.25, 0.3) is 0 Å². The van der Waals surface area contributed by atoms with E-state index in [0.717, 1.165) is 15.7 Å². The van der Waals surface area contributed by atoms with Crippen LogP contribution in [-0.4, -0.2) is 18.1 Å². The minimum atomic E-state index is -0.376. The first-order valence-corrected chi connectivity index (χ1v) is 7.39. The summed E-state index contributed by atoms with van der Waals surface area (Å²) >= 11 is 9.41. The lowest BCUT2D eigenvalue weighted by Gasteiger charge is -2.15. The lowest BCUT2D eigenvalue weighted by atomic mass is 10.1. The van der Waals surface area contributed by atoms with Crippen molar-refractivity contribution in [1.29, 1.82) is 0 Å². The largest absolute Gasteiger partial charge is 0.261 e. The van der Waals surface area contributed by atoms with Gasteiger partial charge >= 0.3 is 0 Å². The summed E-state index contributed by atoms with van der Waals surface area (Å²) in [6.45, 7) is 0.442. The van der Waals surface area contributed by atoms with E-state index in [1.54, 1.807) is 6.07 Å². The fourth-order valence-corrected chi connectivity index (χ4v) is 2.49. The van der Waals surface area contributed by atoms with E-state index < -0.39 is 0 Å². The van der Waals surface area contributed by atoms with Crippen LogP contribution in [-0.2, 0) is 0 Å². The third kappa shape index (κ3) is 3.14. The quantitative estimate of drug-likeness (QED) is 0.857. The van der Waals surface area contributed by atoms with E-state index in [1.165, 1.54) is 12.1 Å². The fraction of sp³-hybridized carbons (Fsp3) is 0.0667. The molecule has 1 aliphatic rings. The van der Waals surface area contributed by atoms with Crippen LogP contribution < -0.4 is 5.43 Å². The lowest BCUT2D eigenvalue weighted by molar-refractivity contribution is 0.628. The van der Waals surface area contributed by atoms with Crippen molar-refractivity contribution in [3.63, 3.8) is 0 Å². The van der Waals surface area contributed by atoms with Crippen molar-refractivity contribution in [2.75, 3.05) is 6.54 Å². The van der Waals surface area contributed by atoms with Gasteiger partial charge in [0, 0.05) is 10.0 Å². The summed E-state index contributed by atoms with van der Waals surface area (Å²) in [5, 5.41) is 4.63. The van der Waals surface area contributed by atoms with Gasteiger partial charge in [0.2, 0.25) is 0 Å². The number of rotatable bonds is 2. The zero-order valence-electron chi connectivity index (χ0n) is 10.8. The molecule has 6 heteroatoms. The normalized spacial score (nSPS) is 14.2. The maximum absolute atomic E-state index is 13.1. The van der Waals surface area contributed by atoms with E-state index in [4.69, 9.17) is 11.6 Å². The first-order chi connectivity index (χ1) is 10.1. The van der Waals surface area contributed by atoms with E-state index in [9.17, 15) is 4.39 Å². The van der Waals surface area contributed by atoms with E-state index >= 15 is 0 Å². The predicted octanol–water partition coefficient (Wildman–Crippen LogP) is 4.00. The molecular formula is C15H10BrClFN3. The second kappa shape index (κ2) is 5.95. The molecule has 21 heavy (non-hydrogen) atoms. The van der Waals surface area contributed by atoms with Crippen LogP contribution in [0, 0.1) is 5.82 Å². The van der Waals surface area contributed by atoms with Gasteiger partial charge in [0.1, 0.15) is 5.82 Å². The van der Waals surface area contributed by atoms with Crippen molar-refractivity contribution in [3.8, 4) is 0 Å². The van der Waals surface area contributed by atoms with Crippen molar-refractivity contribution < 1.29 is 4.39 Å². The van der Waals surface area contributed by atoms with Crippen LogP contribution >= 0.6 is 27.5 Å². The van der Waals surface area contributed by atoms with Crippen molar-refractivity contribution in [1.82, 2.24) is 5.43 Å². The zero-order chi connectivity index (χ0) is 14.8. The maximum Gasteiger partial charge on any atom is 0.150 e. The summed E-state index contributed by atoms with van der Waals surface area (Å²) in [6, 6.07) is 12.0. The third-order valence-corrected chi connectivity index (χ3v) is 3.89. The van der Waals surface area contributed by atoms with E-state index in [-0.39, 0.29) is 5.82 Å². The molecule has 0 spiro atoms. The molecule has 0 unspecified atom stereocenters. The highest BCUT2D eigenvalue weighted by Crippen LogP contribution is 2.19. The Bertz CT molecular complexity index is 741. The monoisotopic (exact) mass is 365 g/mol. The van der Waals surface area contributed by atoms with Gasteiger partial charge in [0.05, 0.1) is 17.3 Å². The molecule has 1 aliphatic heterocycles. The van der Waals surface area contributed by atoms with Crippen LogP contribution in [0.1, 0.15) is 11.1 Å². The molecule has 106 valence electrons. The van der Waals surface area contributed by atoms with Crippen LogP contribution in [0.3, 0.4) is 0 Å². The molecule has 0 saturated carbocycles. The number of hydrogen-bond donors (Lipinski definition) is 1. The number of nitrogens with one attached hydrogen (secondary N) is 1. The highest BCUT2D eigenvalue weighted by molar-refractivity contribution is 9.10. The van der Waals surface area contributed by atoms with Gasteiger partial charge in [0.15, 0.2) is 5.84 Å². The van der Waals surface area contributed by atoms with Gasteiger partial charge < -0.3 is 0 Å². The summed E-state index contributed by atoms with van der Waals surface area (Å²) in [7, 11) is 0. The Labute approximate surface area is 134 Å². The van der Waals surface area contributed by atoms with Crippen LogP contribution in [0.25, 0.3) is 0 Å². The fourth-order valence-electron chi connectivity index (χ4n) is 1.97. The molecule has 0 bridgehead atoms. The number of aliphatic imine (C=N–C) groups is 1. The van der Waals surface area contributed by atoms with Gasteiger partial charge in [-0.1, -0.05) is 39.7 Å². The van der Waals surface area contributed by atoms with E-state index in [1.807, 2.05) is 24.3 Å². The number of hydrogen-bond acceptors (Lipinski definition) is 3. The molecule has 0 saturated heterocycles. The minimum absolute atomic E-state index is 0.309. The third-order valence-electron chi connectivity index (χ3n) is 3.05. The lowest BCUT2D eigenvalue weighted by Crippen LogP contribution is -2.28. The van der Waals surface area contributed by atoms with Gasteiger partial charge in [-0.15, -0.1) is 0 Å². The molecular weight excluding hydrogens is 357 g/mol. The molecule has 3 nitrogen and oxygen atoms in total. The van der Waals surface area contributed by atoms with Gasteiger partial charge in [-0.3, -0.25) is 10.4 Å². The standard InChI is InChI=1S/C15H10BrClFN3/c16-10-3-1-9(2-4-10)14-8-19-15(21-20-14)12-6-5-11(18)7-13(12)17/h1-7H,8H2,(H,19,21). The van der Waals surface area contributed by atoms with Crippen molar-refractivity contribution in [3.05, 3.63) is 68.9 Å². The number of benzene rings is 2. The molecule has 2 aromatic carbocycles. The predicted molar refractivity (Wildman–Crippen MR) is 86.6 cm³/mol. The summed E-state index contributed by atoms with van der Waals surface area (Å²) in [6.07, 6.45) is 0. The number of halogens is 3. The summed E-state index contributed by atoms with van der Waals surface area (Å²) < 4.78 is 14.1. The molecule has 2 aromatic rings. The molecule has 0 radical (unpaired) electrons. The van der Waals surface area contributed by atoms with Crippen molar-refractivity contribution >= 4 is 39.1 Å². The molecule has 0 amide bonds. The molecule has 1 heterocycles. The van der Waals surface area contributed by atoms with E-state index in [0.29, 0.717) is 23.0 Å². The summed E-state index contributed by atoms with van der Waals surface area (Å²) in [5.74, 6) is 0.167. The first kappa shape index (κ1) is 14.2. The Morgan fingerprint density at radius 1 is 1.14 bits per heavy atom. The Balaban J connectivity index is 1.81.